The molecule has 2 N–H and O–H groups in total. The molecule has 3 unspecified atom stereocenters. The molecular weight excluding hydrogens is 510 g/mol. The molecule has 2 aromatic rings. The summed E-state index contributed by atoms with van der Waals surface area (Å²) < 4.78 is 10.3. The van der Waals surface area contributed by atoms with Crippen LogP contribution in [0.4, 0.5) is 10.7 Å². The number of carbonyl (C=O) groups is 4. The Morgan fingerprint density at radius 2 is 1.94 bits per heavy atom. The minimum Gasteiger partial charge on any atom is -0.462 e. The lowest BCUT2D eigenvalue weighted by Crippen LogP contribution is -2.35. The fraction of sp³-hybridized carbons (Fsp3) is 0.391. The molecule has 0 aliphatic carbocycles. The van der Waals surface area contributed by atoms with E-state index in [-0.39, 0.29) is 31.9 Å². The van der Waals surface area contributed by atoms with Crippen LogP contribution >= 0.6 is 24.0 Å². The van der Waals surface area contributed by atoms with Crippen LogP contribution in [0.2, 0.25) is 0 Å². The number of non-ortho nitro benzene ring substituents is 1. The minimum absolute atomic E-state index is 0.0954. The number of nitrogens with one attached hydrogen (secondary N) is 2. The van der Waals surface area contributed by atoms with Crippen LogP contribution in [0.15, 0.2) is 29.6 Å². The molecule has 192 valence electrons. The summed E-state index contributed by atoms with van der Waals surface area (Å²) in [5.74, 6) is -3.46. The van der Waals surface area contributed by atoms with E-state index in [9.17, 15) is 29.3 Å². The number of aryl methyl sites for hydroxylation is 1. The van der Waals surface area contributed by atoms with Gasteiger partial charge in [-0.1, -0.05) is 0 Å². The van der Waals surface area contributed by atoms with Crippen molar-refractivity contribution in [1.82, 2.24) is 5.32 Å². The molecule has 0 spiro atoms. The minimum atomic E-state index is -1.20. The van der Waals surface area contributed by atoms with Crippen LogP contribution in [0, 0.1) is 28.9 Å². The molecule has 3 atom stereocenters. The molecule has 0 saturated carbocycles. The summed E-state index contributed by atoms with van der Waals surface area (Å²) in [5, 5.41) is 17.9. The molecule has 13 heteroatoms. The molecule has 1 aliphatic rings. The van der Waals surface area contributed by atoms with Crippen molar-refractivity contribution in [1.29, 1.82) is 0 Å². The highest BCUT2D eigenvalue weighted by Gasteiger charge is 2.41. The highest BCUT2D eigenvalue weighted by Crippen LogP contribution is 2.31. The van der Waals surface area contributed by atoms with Crippen LogP contribution in [0.25, 0.3) is 0 Å². The Hall–Kier alpha value is -3.29. The molecule has 3 rings (SSSR count). The van der Waals surface area contributed by atoms with Crippen molar-refractivity contribution in [3.05, 3.63) is 56.5 Å². The number of carbonyl (C=O) groups excluding carboxylic acids is 4. The molecule has 11 nitrogen and oxygen atoms in total. The summed E-state index contributed by atoms with van der Waals surface area (Å²) in [7, 11) is 0. The zero-order chi connectivity index (χ0) is 26.4. The number of nitro groups is 1. The number of esters is 2. The van der Waals surface area contributed by atoms with Gasteiger partial charge in [-0.2, -0.15) is 0 Å². The lowest BCUT2D eigenvalue weighted by Gasteiger charge is -2.18. The fourth-order valence-corrected chi connectivity index (χ4v) is 5.11. The number of anilines is 1. The molecular formula is C23H25N3O8S2. The number of nitrogens with zero attached hydrogens (tertiary/aromatic N) is 1. The van der Waals surface area contributed by atoms with E-state index in [0.29, 0.717) is 21.7 Å². The highest BCUT2D eigenvalue weighted by molar-refractivity contribution is 7.96. The molecule has 1 amide bonds. The predicted molar refractivity (Wildman–Crippen MR) is 134 cm³/mol. The van der Waals surface area contributed by atoms with E-state index in [4.69, 9.17) is 9.47 Å². The number of thiophene rings is 1. The van der Waals surface area contributed by atoms with Gasteiger partial charge in [-0.3, -0.25) is 24.5 Å². The average molecular weight is 536 g/mol. The molecule has 1 fully saturated rings. The lowest BCUT2D eigenvalue weighted by molar-refractivity contribution is -0.384. The second-order valence-electron chi connectivity index (χ2n) is 8.14. The summed E-state index contributed by atoms with van der Waals surface area (Å²) in [6.45, 7) is 3.67. The van der Waals surface area contributed by atoms with Gasteiger partial charge in [0.05, 0.1) is 23.1 Å². The summed E-state index contributed by atoms with van der Waals surface area (Å²) in [5.41, 5.74) is 1.40. The third kappa shape index (κ3) is 6.47. The van der Waals surface area contributed by atoms with Gasteiger partial charge < -0.3 is 20.1 Å². The van der Waals surface area contributed by atoms with Gasteiger partial charge in [0.2, 0.25) is 5.91 Å². The molecule has 1 aliphatic heterocycles. The molecule has 2 heterocycles. The van der Waals surface area contributed by atoms with Gasteiger partial charge in [0.1, 0.15) is 17.5 Å². The number of rotatable bonds is 10. The third-order valence-electron chi connectivity index (χ3n) is 5.69. The topological polar surface area (TPSA) is 154 Å². The maximum atomic E-state index is 12.9. The highest BCUT2D eigenvalue weighted by atomic mass is 32.1. The first-order valence-electron chi connectivity index (χ1n) is 11.0. The van der Waals surface area contributed by atoms with Crippen LogP contribution in [0.3, 0.4) is 0 Å². The van der Waals surface area contributed by atoms with Crippen molar-refractivity contribution in [3.63, 3.8) is 0 Å². The molecule has 1 saturated heterocycles. The van der Waals surface area contributed by atoms with E-state index in [1.807, 2.05) is 0 Å². The van der Waals surface area contributed by atoms with E-state index in [0.717, 1.165) is 0 Å². The fourth-order valence-electron chi connectivity index (χ4n) is 3.86. The Labute approximate surface area is 216 Å². The first-order valence-corrected chi connectivity index (χ1v) is 12.4. The Balaban J connectivity index is 1.61. The number of nitro benzene ring substituents is 1. The SMILES string of the molecule is CCOC(=O)c1c(C)csc1NC(=O)C1CC(C(C(=O)S)C(=O)OCc2ccc([N+](=O)[O-])cc2)CN1. The monoisotopic (exact) mass is 535 g/mol. The van der Waals surface area contributed by atoms with E-state index in [2.05, 4.69) is 23.3 Å². The second kappa shape index (κ2) is 12.1. The van der Waals surface area contributed by atoms with E-state index in [1.54, 1.807) is 19.2 Å². The molecule has 36 heavy (non-hydrogen) atoms. The van der Waals surface area contributed by atoms with Gasteiger partial charge in [0.15, 0.2) is 5.12 Å². The van der Waals surface area contributed by atoms with Crippen LogP contribution < -0.4 is 10.6 Å². The van der Waals surface area contributed by atoms with Gasteiger partial charge in [-0.15, -0.1) is 24.0 Å². The predicted octanol–water partition coefficient (Wildman–Crippen LogP) is 2.87. The van der Waals surface area contributed by atoms with Crippen molar-refractivity contribution in [2.24, 2.45) is 11.8 Å². The smallest absolute Gasteiger partial charge is 0.341 e. The largest absolute Gasteiger partial charge is 0.462 e. The van der Waals surface area contributed by atoms with Crippen molar-refractivity contribution < 1.29 is 33.6 Å². The van der Waals surface area contributed by atoms with E-state index >= 15 is 0 Å². The first kappa shape index (κ1) is 27.3. The van der Waals surface area contributed by atoms with Gasteiger partial charge in [-0.25, -0.2) is 4.79 Å². The molecule has 0 bridgehead atoms. The summed E-state index contributed by atoms with van der Waals surface area (Å²) in [4.78, 5) is 60.2. The van der Waals surface area contributed by atoms with Crippen molar-refractivity contribution in [3.8, 4) is 0 Å². The van der Waals surface area contributed by atoms with E-state index < -0.39 is 45.8 Å². The maximum absolute atomic E-state index is 12.9. The summed E-state index contributed by atoms with van der Waals surface area (Å²) in [6, 6.07) is 4.78. The van der Waals surface area contributed by atoms with E-state index in [1.165, 1.54) is 35.6 Å². The normalized spacial score (nSPS) is 17.8. The Morgan fingerprint density at radius 1 is 1.25 bits per heavy atom. The molecule has 0 radical (unpaired) electrons. The lowest BCUT2D eigenvalue weighted by atomic mass is 9.90. The molecule has 1 aromatic carbocycles. The number of ether oxygens (including phenoxy) is 2. The number of hydrogen-bond acceptors (Lipinski definition) is 10. The number of amides is 1. The summed E-state index contributed by atoms with van der Waals surface area (Å²) in [6.07, 6.45) is 0.175. The Morgan fingerprint density at radius 3 is 2.56 bits per heavy atom. The van der Waals surface area contributed by atoms with Gasteiger partial charge in [-0.05, 0) is 54.8 Å². The standard InChI is InChI=1S/C23H25N3O8S2/c1-3-33-21(28)17-12(2)11-36-20(17)25-19(27)16-8-14(9-24-16)18(23(30)35)22(29)34-10-13-4-6-15(7-5-13)26(31)32/h4-7,11,14,16,18,24H,3,8-10H2,1-2H3,(H,25,27)(H,30,35). The van der Waals surface area contributed by atoms with Gasteiger partial charge in [0.25, 0.3) is 5.69 Å². The van der Waals surface area contributed by atoms with Crippen LogP contribution in [-0.4, -0.2) is 47.1 Å². The van der Waals surface area contributed by atoms with Crippen molar-refractivity contribution in [2.75, 3.05) is 18.5 Å². The van der Waals surface area contributed by atoms with Crippen molar-refractivity contribution in [2.45, 2.75) is 32.9 Å². The van der Waals surface area contributed by atoms with Gasteiger partial charge in [0, 0.05) is 18.7 Å². The van der Waals surface area contributed by atoms with Crippen molar-refractivity contribution >= 4 is 57.6 Å². The zero-order valence-electron chi connectivity index (χ0n) is 19.5. The number of hydrogen-bond donors (Lipinski definition) is 3. The average Bonchev–Trinajstić information content (AvgIpc) is 3.45. The Bertz CT molecular complexity index is 1160. The second-order valence-corrected chi connectivity index (χ2v) is 9.46. The van der Waals surface area contributed by atoms with Crippen LogP contribution in [0.1, 0.15) is 34.8 Å². The quantitative estimate of drug-likeness (QED) is 0.137. The zero-order valence-corrected chi connectivity index (χ0v) is 21.2. The summed E-state index contributed by atoms with van der Waals surface area (Å²) >= 11 is 5.05. The first-order chi connectivity index (χ1) is 17.1. The van der Waals surface area contributed by atoms with Crippen LogP contribution in [0.5, 0.6) is 0 Å². The maximum Gasteiger partial charge on any atom is 0.341 e. The van der Waals surface area contributed by atoms with Crippen LogP contribution in [-0.2, 0) is 30.5 Å². The number of benzene rings is 1. The number of thiol groups is 1. The third-order valence-corrected chi connectivity index (χ3v) is 6.98. The Kier molecular flexibility index (Phi) is 9.18. The molecule has 1 aromatic heterocycles. The van der Waals surface area contributed by atoms with Gasteiger partial charge >= 0.3 is 11.9 Å².